The molecule has 0 saturated heterocycles. The van der Waals surface area contributed by atoms with Crippen molar-refractivity contribution in [2.24, 2.45) is 7.05 Å². The molecule has 0 radical (unpaired) electrons. The van der Waals surface area contributed by atoms with Crippen LogP contribution in [0.1, 0.15) is 18.7 Å². The van der Waals surface area contributed by atoms with E-state index in [0.29, 0.717) is 0 Å². The van der Waals surface area contributed by atoms with Crippen LogP contribution in [0.2, 0.25) is 0 Å². The van der Waals surface area contributed by atoms with Gasteiger partial charge in [0, 0.05) is 13.1 Å². The molecule has 1 aliphatic rings. The fourth-order valence-corrected chi connectivity index (χ4v) is 1.25. The monoisotopic (exact) mass is 167 g/mol. The first-order valence-electron chi connectivity index (χ1n) is 4.19. The molecular weight excluding hydrogens is 154 g/mol. The molecule has 0 aliphatic heterocycles. The van der Waals surface area contributed by atoms with E-state index in [4.69, 9.17) is 0 Å². The molecule has 66 valence electrons. The van der Waals surface area contributed by atoms with Gasteiger partial charge in [0.05, 0.1) is 6.54 Å². The van der Waals surface area contributed by atoms with Gasteiger partial charge >= 0.3 is 0 Å². The zero-order valence-corrected chi connectivity index (χ0v) is 7.43. The maximum Gasteiger partial charge on any atom is 0.164 e. The van der Waals surface area contributed by atoms with Crippen LogP contribution in [-0.2, 0) is 13.6 Å². The second-order valence-corrected chi connectivity index (χ2v) is 3.37. The molecular formula is C7H13N5. The maximum atomic E-state index is 3.93. The Hall–Kier alpha value is -0.970. The molecule has 1 aromatic rings. The van der Waals surface area contributed by atoms with E-state index in [1.54, 1.807) is 4.68 Å². The minimum atomic E-state index is 0.765. The van der Waals surface area contributed by atoms with Crippen LogP contribution in [0.25, 0.3) is 0 Å². The third-order valence-corrected chi connectivity index (χ3v) is 2.27. The van der Waals surface area contributed by atoms with Crippen molar-refractivity contribution in [3.8, 4) is 0 Å². The van der Waals surface area contributed by atoms with Crippen LogP contribution >= 0.6 is 0 Å². The van der Waals surface area contributed by atoms with Gasteiger partial charge in [-0.2, -0.15) is 0 Å². The van der Waals surface area contributed by atoms with Crippen molar-refractivity contribution in [2.45, 2.75) is 25.4 Å². The van der Waals surface area contributed by atoms with Gasteiger partial charge in [-0.1, -0.05) is 0 Å². The van der Waals surface area contributed by atoms with Crippen LogP contribution in [0, 0.1) is 0 Å². The molecule has 0 amide bonds. The maximum absolute atomic E-state index is 3.93. The number of aryl methyl sites for hydroxylation is 1. The Labute approximate surface area is 71.4 Å². The summed E-state index contributed by atoms with van der Waals surface area (Å²) in [5, 5.41) is 11.3. The Morgan fingerprint density at radius 2 is 2.33 bits per heavy atom. The second-order valence-electron chi connectivity index (χ2n) is 3.37. The van der Waals surface area contributed by atoms with E-state index in [0.717, 1.165) is 18.4 Å². The minimum Gasteiger partial charge on any atom is -0.296 e. The van der Waals surface area contributed by atoms with E-state index in [-0.39, 0.29) is 0 Å². The standard InChI is InChI=1S/C7H13N5/c1-11(6-3-4-6)5-7-8-9-10-12(7)2/h6H,3-5H2,1-2H3. The molecule has 0 atom stereocenters. The third kappa shape index (κ3) is 1.45. The number of rotatable bonds is 3. The SMILES string of the molecule is CN(Cc1nnnn1C)C1CC1. The highest BCUT2D eigenvalue weighted by atomic mass is 15.5. The fourth-order valence-electron chi connectivity index (χ4n) is 1.25. The largest absolute Gasteiger partial charge is 0.296 e. The summed E-state index contributed by atoms with van der Waals surface area (Å²) in [4.78, 5) is 2.30. The first-order chi connectivity index (χ1) is 5.77. The van der Waals surface area contributed by atoms with Gasteiger partial charge in [0.1, 0.15) is 0 Å². The molecule has 5 heteroatoms. The Morgan fingerprint density at radius 1 is 1.58 bits per heavy atom. The molecule has 0 bridgehead atoms. The molecule has 2 rings (SSSR count). The summed E-state index contributed by atoms with van der Waals surface area (Å²) in [5.74, 6) is 0.935. The second kappa shape index (κ2) is 2.82. The summed E-state index contributed by atoms with van der Waals surface area (Å²) in [6.07, 6.45) is 2.64. The lowest BCUT2D eigenvalue weighted by Crippen LogP contribution is -2.22. The van der Waals surface area contributed by atoms with Crippen LogP contribution < -0.4 is 0 Å². The normalized spacial score (nSPS) is 17.2. The number of tetrazole rings is 1. The predicted molar refractivity (Wildman–Crippen MR) is 43.3 cm³/mol. The number of nitrogens with zero attached hydrogens (tertiary/aromatic N) is 5. The third-order valence-electron chi connectivity index (χ3n) is 2.27. The summed E-state index contributed by atoms with van der Waals surface area (Å²) >= 11 is 0. The molecule has 1 aliphatic carbocycles. The van der Waals surface area contributed by atoms with Crippen molar-refractivity contribution in [3.05, 3.63) is 5.82 Å². The van der Waals surface area contributed by atoms with Crippen LogP contribution in [0.15, 0.2) is 0 Å². The highest BCUT2D eigenvalue weighted by Crippen LogP contribution is 2.25. The van der Waals surface area contributed by atoms with Gasteiger partial charge in [0.2, 0.25) is 0 Å². The van der Waals surface area contributed by atoms with Crippen molar-refractivity contribution in [3.63, 3.8) is 0 Å². The molecule has 0 spiro atoms. The summed E-state index contributed by atoms with van der Waals surface area (Å²) in [5.41, 5.74) is 0. The summed E-state index contributed by atoms with van der Waals surface area (Å²) in [7, 11) is 3.99. The van der Waals surface area contributed by atoms with Gasteiger partial charge in [0.25, 0.3) is 0 Å². The van der Waals surface area contributed by atoms with Crippen LogP contribution in [0.4, 0.5) is 0 Å². The van der Waals surface area contributed by atoms with Crippen molar-refractivity contribution >= 4 is 0 Å². The lowest BCUT2D eigenvalue weighted by molar-refractivity contribution is 0.303. The van der Waals surface area contributed by atoms with E-state index in [2.05, 4.69) is 27.5 Å². The summed E-state index contributed by atoms with van der Waals surface area (Å²) in [6, 6.07) is 0.765. The molecule has 0 aromatic carbocycles. The zero-order chi connectivity index (χ0) is 8.55. The molecule has 1 heterocycles. The molecule has 1 saturated carbocycles. The van der Waals surface area contributed by atoms with Crippen molar-refractivity contribution in [2.75, 3.05) is 7.05 Å². The van der Waals surface area contributed by atoms with E-state index in [1.165, 1.54) is 12.8 Å². The van der Waals surface area contributed by atoms with Gasteiger partial charge in [-0.05, 0) is 30.3 Å². The number of hydrogen-bond donors (Lipinski definition) is 0. The first kappa shape index (κ1) is 7.67. The lowest BCUT2D eigenvalue weighted by atomic mass is 10.5. The topological polar surface area (TPSA) is 46.8 Å². The first-order valence-corrected chi connectivity index (χ1v) is 4.19. The van der Waals surface area contributed by atoms with E-state index in [9.17, 15) is 0 Å². The average molecular weight is 167 g/mol. The van der Waals surface area contributed by atoms with E-state index in [1.807, 2.05) is 7.05 Å². The van der Waals surface area contributed by atoms with Gasteiger partial charge in [0.15, 0.2) is 5.82 Å². The van der Waals surface area contributed by atoms with Crippen LogP contribution in [0.5, 0.6) is 0 Å². The fraction of sp³-hybridized carbons (Fsp3) is 0.857. The molecule has 0 N–H and O–H groups in total. The molecule has 1 aromatic heterocycles. The highest BCUT2D eigenvalue weighted by Gasteiger charge is 2.26. The van der Waals surface area contributed by atoms with Gasteiger partial charge in [-0.15, -0.1) is 5.10 Å². The average Bonchev–Trinajstić information content (AvgIpc) is 2.80. The number of hydrogen-bond acceptors (Lipinski definition) is 4. The zero-order valence-electron chi connectivity index (χ0n) is 7.43. The van der Waals surface area contributed by atoms with Crippen molar-refractivity contribution < 1.29 is 0 Å². The van der Waals surface area contributed by atoms with Gasteiger partial charge in [-0.25, -0.2) is 4.68 Å². The Bertz CT molecular complexity index is 265. The summed E-state index contributed by atoms with van der Waals surface area (Å²) < 4.78 is 1.72. The Balaban J connectivity index is 1.97. The van der Waals surface area contributed by atoms with Crippen LogP contribution in [-0.4, -0.2) is 38.2 Å². The summed E-state index contributed by atoms with van der Waals surface area (Å²) in [6.45, 7) is 0.855. The molecule has 0 unspecified atom stereocenters. The Kier molecular flexibility index (Phi) is 1.80. The quantitative estimate of drug-likeness (QED) is 0.625. The van der Waals surface area contributed by atoms with Gasteiger partial charge < -0.3 is 0 Å². The number of aromatic nitrogens is 4. The van der Waals surface area contributed by atoms with E-state index < -0.39 is 0 Å². The van der Waals surface area contributed by atoms with Gasteiger partial charge in [-0.3, -0.25) is 4.90 Å². The van der Waals surface area contributed by atoms with E-state index >= 15 is 0 Å². The van der Waals surface area contributed by atoms with Crippen molar-refractivity contribution in [1.29, 1.82) is 0 Å². The van der Waals surface area contributed by atoms with Crippen LogP contribution in [0.3, 0.4) is 0 Å². The molecule has 5 nitrogen and oxygen atoms in total. The lowest BCUT2D eigenvalue weighted by Gasteiger charge is -2.13. The highest BCUT2D eigenvalue weighted by molar-refractivity contribution is 4.87. The Morgan fingerprint density at radius 3 is 2.83 bits per heavy atom. The predicted octanol–water partition coefficient (Wildman–Crippen LogP) is -0.196. The molecule has 12 heavy (non-hydrogen) atoms. The molecule has 1 fully saturated rings. The minimum absolute atomic E-state index is 0.765. The smallest absolute Gasteiger partial charge is 0.164 e. The van der Waals surface area contributed by atoms with Crippen molar-refractivity contribution in [1.82, 2.24) is 25.1 Å².